The monoisotopic (exact) mass is 399 g/mol. The summed E-state index contributed by atoms with van der Waals surface area (Å²) in [7, 11) is 3.87. The van der Waals surface area contributed by atoms with Crippen molar-refractivity contribution >= 4 is 11.6 Å². The number of hydrogen-bond acceptors (Lipinski definition) is 3. The van der Waals surface area contributed by atoms with Gasteiger partial charge in [-0.15, -0.1) is 0 Å². The van der Waals surface area contributed by atoms with Crippen LogP contribution in [0.1, 0.15) is 42.9 Å². The molecule has 1 aliphatic rings. The first-order valence-corrected chi connectivity index (χ1v) is 10.1. The van der Waals surface area contributed by atoms with Gasteiger partial charge in [0.25, 0.3) is 0 Å². The molecule has 0 aliphatic heterocycles. The molecule has 0 amide bonds. The van der Waals surface area contributed by atoms with Gasteiger partial charge in [-0.1, -0.05) is 48.0 Å². The Bertz CT molecular complexity index is 803. The Balaban J connectivity index is 1.65. The number of nitrogens with zero attached hydrogens (tertiary/aromatic N) is 2. The fourth-order valence-electron chi connectivity index (χ4n) is 4.19. The van der Waals surface area contributed by atoms with E-state index in [2.05, 4.69) is 23.5 Å². The summed E-state index contributed by atoms with van der Waals surface area (Å²) in [6.07, 6.45) is 3.51. The minimum absolute atomic E-state index is 0.148. The Hall–Kier alpha value is -1.93. The van der Waals surface area contributed by atoms with Crippen molar-refractivity contribution in [3.63, 3.8) is 0 Å². The maximum Gasteiger partial charge on any atom is 0.129 e. The van der Waals surface area contributed by atoms with E-state index in [0.717, 1.165) is 31.2 Å². The van der Waals surface area contributed by atoms with Crippen LogP contribution in [0.5, 0.6) is 0 Å². The summed E-state index contributed by atoms with van der Waals surface area (Å²) in [6.45, 7) is 0.614. The maximum absolute atomic E-state index is 14.4. The lowest BCUT2D eigenvalue weighted by Gasteiger charge is -2.37. The Labute approximate surface area is 172 Å². The molecule has 28 heavy (non-hydrogen) atoms. The van der Waals surface area contributed by atoms with Crippen molar-refractivity contribution in [2.24, 2.45) is 0 Å². The summed E-state index contributed by atoms with van der Waals surface area (Å²) in [4.78, 5) is 1.99. The van der Waals surface area contributed by atoms with Gasteiger partial charge in [-0.2, -0.15) is 5.26 Å². The van der Waals surface area contributed by atoms with E-state index in [1.807, 2.05) is 37.2 Å². The number of benzene rings is 2. The zero-order valence-electron chi connectivity index (χ0n) is 16.5. The van der Waals surface area contributed by atoms with E-state index < -0.39 is 5.41 Å². The molecule has 3 rings (SSSR count). The van der Waals surface area contributed by atoms with Gasteiger partial charge in [-0.25, -0.2) is 4.39 Å². The minimum atomic E-state index is -0.394. The first kappa shape index (κ1) is 20.8. The van der Waals surface area contributed by atoms with Gasteiger partial charge in [0.2, 0.25) is 0 Å². The summed E-state index contributed by atoms with van der Waals surface area (Å²) in [5.41, 5.74) is 1.25. The van der Waals surface area contributed by atoms with E-state index in [9.17, 15) is 9.65 Å². The van der Waals surface area contributed by atoms with Crippen LogP contribution in [0.15, 0.2) is 48.5 Å². The molecule has 2 aromatic rings. The van der Waals surface area contributed by atoms with Gasteiger partial charge >= 0.3 is 0 Å². The third kappa shape index (κ3) is 4.38. The molecule has 0 bridgehead atoms. The van der Waals surface area contributed by atoms with Gasteiger partial charge in [0.1, 0.15) is 5.82 Å². The fraction of sp³-hybridized carbons (Fsp3) is 0.435. The van der Waals surface area contributed by atoms with E-state index in [0.29, 0.717) is 23.2 Å². The van der Waals surface area contributed by atoms with Crippen molar-refractivity contribution in [3.8, 4) is 6.07 Å². The predicted octanol–water partition coefficient (Wildman–Crippen LogP) is 5.08. The van der Waals surface area contributed by atoms with Crippen molar-refractivity contribution in [1.82, 2.24) is 10.2 Å². The van der Waals surface area contributed by atoms with Gasteiger partial charge in [0.05, 0.1) is 17.5 Å². The topological polar surface area (TPSA) is 39.1 Å². The average molecular weight is 400 g/mol. The number of nitrogens with one attached hydrogen (secondary N) is 1. The molecule has 0 saturated heterocycles. The summed E-state index contributed by atoms with van der Waals surface area (Å²) < 4.78 is 14.4. The molecule has 1 saturated carbocycles. The third-order valence-corrected chi connectivity index (χ3v) is 6.27. The van der Waals surface area contributed by atoms with Gasteiger partial charge in [0.15, 0.2) is 0 Å². The first-order valence-electron chi connectivity index (χ1n) is 9.77. The van der Waals surface area contributed by atoms with Gasteiger partial charge in [-0.3, -0.25) is 0 Å². The summed E-state index contributed by atoms with van der Waals surface area (Å²) in [5, 5.41) is 13.9. The number of likely N-dealkylation sites (N-methyl/N-ethyl adjacent to an activating group) is 1. The number of rotatable bonds is 6. The Morgan fingerprint density at radius 3 is 2.43 bits per heavy atom. The normalized spacial score (nSPS) is 23.4. The molecule has 0 aromatic heterocycles. The standard InChI is InChI=1S/C23H27ClFN3/c1-28(2)21(22-19(24)9-6-10-20(22)25)15-27-18-11-13-23(16-26,14-12-18)17-7-4-3-5-8-17/h3-10,18,21,27H,11-15H2,1-2H3/t18?,21-,23?/m1/s1. The molecule has 1 fully saturated rings. The van der Waals surface area contributed by atoms with Crippen LogP contribution in [-0.2, 0) is 5.41 Å². The second-order valence-corrected chi connectivity index (χ2v) is 8.26. The van der Waals surface area contributed by atoms with Crippen LogP contribution in [0, 0.1) is 17.1 Å². The Morgan fingerprint density at radius 2 is 1.86 bits per heavy atom. The molecule has 0 unspecified atom stereocenters. The lowest BCUT2D eigenvalue weighted by molar-refractivity contribution is 0.244. The SMILES string of the molecule is CN(C)[C@H](CNC1CCC(C#N)(c2ccccc2)CC1)c1c(F)cccc1Cl. The van der Waals surface area contributed by atoms with E-state index in [-0.39, 0.29) is 11.9 Å². The second-order valence-electron chi connectivity index (χ2n) is 7.86. The molecule has 3 nitrogen and oxygen atoms in total. The van der Waals surface area contributed by atoms with Crippen LogP contribution >= 0.6 is 11.6 Å². The van der Waals surface area contributed by atoms with Crippen LogP contribution in [-0.4, -0.2) is 31.6 Å². The number of halogens is 2. The quantitative estimate of drug-likeness (QED) is 0.736. The highest BCUT2D eigenvalue weighted by molar-refractivity contribution is 6.31. The molecule has 0 radical (unpaired) electrons. The average Bonchev–Trinajstić information content (AvgIpc) is 2.71. The van der Waals surface area contributed by atoms with Crippen LogP contribution in [0.2, 0.25) is 5.02 Å². The smallest absolute Gasteiger partial charge is 0.129 e. The van der Waals surface area contributed by atoms with Crippen molar-refractivity contribution in [2.45, 2.75) is 43.2 Å². The summed E-state index contributed by atoms with van der Waals surface area (Å²) in [6, 6.07) is 17.7. The van der Waals surface area contributed by atoms with Gasteiger partial charge < -0.3 is 10.2 Å². The molecule has 5 heteroatoms. The highest BCUT2D eigenvalue weighted by Crippen LogP contribution is 2.39. The van der Waals surface area contributed by atoms with E-state index in [1.54, 1.807) is 12.1 Å². The first-order chi connectivity index (χ1) is 13.5. The van der Waals surface area contributed by atoms with Crippen LogP contribution in [0.25, 0.3) is 0 Å². The zero-order valence-corrected chi connectivity index (χ0v) is 17.2. The summed E-state index contributed by atoms with van der Waals surface area (Å²) >= 11 is 6.28. The highest BCUT2D eigenvalue weighted by atomic mass is 35.5. The largest absolute Gasteiger partial charge is 0.312 e. The second kappa shape index (κ2) is 9.05. The summed E-state index contributed by atoms with van der Waals surface area (Å²) in [5.74, 6) is -0.274. The predicted molar refractivity (Wildman–Crippen MR) is 112 cm³/mol. The molecular formula is C23H27ClFN3. The number of nitriles is 1. The van der Waals surface area contributed by atoms with Crippen LogP contribution in [0.3, 0.4) is 0 Å². The molecule has 1 aliphatic carbocycles. The third-order valence-electron chi connectivity index (χ3n) is 5.94. The molecule has 1 atom stereocenters. The van der Waals surface area contributed by atoms with Crippen LogP contribution < -0.4 is 5.32 Å². The lowest BCUT2D eigenvalue weighted by atomic mass is 9.69. The Morgan fingerprint density at radius 1 is 1.18 bits per heavy atom. The molecule has 148 valence electrons. The van der Waals surface area contributed by atoms with E-state index in [4.69, 9.17) is 11.6 Å². The van der Waals surface area contributed by atoms with Gasteiger partial charge in [-0.05, 0) is 57.5 Å². The van der Waals surface area contributed by atoms with Crippen molar-refractivity contribution in [2.75, 3.05) is 20.6 Å². The molecule has 2 aromatic carbocycles. The lowest BCUT2D eigenvalue weighted by Crippen LogP contribution is -2.42. The van der Waals surface area contributed by atoms with Crippen molar-refractivity contribution in [3.05, 3.63) is 70.5 Å². The number of hydrogen-bond donors (Lipinski definition) is 1. The fourth-order valence-corrected chi connectivity index (χ4v) is 4.48. The van der Waals surface area contributed by atoms with Crippen molar-refractivity contribution in [1.29, 1.82) is 5.26 Å². The molecular weight excluding hydrogens is 373 g/mol. The maximum atomic E-state index is 14.4. The van der Waals surface area contributed by atoms with Crippen molar-refractivity contribution < 1.29 is 4.39 Å². The van der Waals surface area contributed by atoms with Crippen LogP contribution in [0.4, 0.5) is 4.39 Å². The Kier molecular flexibility index (Phi) is 6.72. The highest BCUT2D eigenvalue weighted by Gasteiger charge is 2.37. The van der Waals surface area contributed by atoms with Gasteiger partial charge in [0, 0.05) is 23.2 Å². The van der Waals surface area contributed by atoms with E-state index >= 15 is 0 Å². The molecule has 1 N–H and O–H groups in total. The minimum Gasteiger partial charge on any atom is -0.312 e. The zero-order chi connectivity index (χ0) is 20.1. The molecule has 0 spiro atoms. The molecule has 0 heterocycles. The van der Waals surface area contributed by atoms with E-state index in [1.165, 1.54) is 6.07 Å².